The minimum absolute atomic E-state index is 0.386. The molecule has 0 saturated heterocycles. The number of nitrogens with zero attached hydrogens (tertiary/aromatic N) is 1. The quantitative estimate of drug-likeness (QED) is 0.487. The Kier molecular flexibility index (Phi) is 6.93. The van der Waals surface area contributed by atoms with Crippen molar-refractivity contribution >= 4 is 23.3 Å². The first kappa shape index (κ1) is 20.2. The van der Waals surface area contributed by atoms with Crippen LogP contribution in [0, 0.1) is 0 Å². The number of aromatic amines is 1. The van der Waals surface area contributed by atoms with Gasteiger partial charge in [0.15, 0.2) is 0 Å². The van der Waals surface area contributed by atoms with Gasteiger partial charge in [-0.15, -0.1) is 11.6 Å². The van der Waals surface area contributed by atoms with Gasteiger partial charge in [0.1, 0.15) is 10.7 Å². The van der Waals surface area contributed by atoms with Gasteiger partial charge in [0, 0.05) is 13.0 Å². The molecule has 1 amide bonds. The van der Waals surface area contributed by atoms with Crippen molar-refractivity contribution in [3.63, 3.8) is 0 Å². The van der Waals surface area contributed by atoms with E-state index in [9.17, 15) is 4.79 Å². The molecule has 2 aromatic rings. The number of H-pyrrole nitrogens is 1. The van der Waals surface area contributed by atoms with Crippen LogP contribution in [-0.4, -0.2) is 29.2 Å². The number of unbranched alkanes of at least 4 members (excludes halogenated alkanes) is 1. The van der Waals surface area contributed by atoms with E-state index in [0.717, 1.165) is 24.4 Å². The summed E-state index contributed by atoms with van der Waals surface area (Å²) in [5.74, 6) is 0.787. The molecule has 0 saturated carbocycles. The molecule has 5 nitrogen and oxygen atoms in total. The average Bonchev–Trinajstić information content (AvgIpc) is 3.19. The summed E-state index contributed by atoms with van der Waals surface area (Å²) in [5, 5.41) is 2.73. The van der Waals surface area contributed by atoms with Crippen molar-refractivity contribution in [2.24, 2.45) is 0 Å². The molecule has 1 atom stereocenters. The molecule has 6 heteroatoms. The van der Waals surface area contributed by atoms with Gasteiger partial charge in [-0.25, -0.2) is 9.78 Å². The van der Waals surface area contributed by atoms with Gasteiger partial charge in [-0.05, 0) is 24.0 Å². The minimum Gasteiger partial charge on any atom is -0.450 e. The van der Waals surface area contributed by atoms with E-state index in [0.29, 0.717) is 26.0 Å². The van der Waals surface area contributed by atoms with Crippen LogP contribution in [0.15, 0.2) is 54.8 Å². The molecule has 1 aromatic carbocycles. The number of rotatable bonds is 8. The van der Waals surface area contributed by atoms with Crippen molar-refractivity contribution in [3.05, 3.63) is 71.8 Å². The Bertz CT molecular complexity index is 844. The van der Waals surface area contributed by atoms with Gasteiger partial charge < -0.3 is 15.0 Å². The van der Waals surface area contributed by atoms with Crippen LogP contribution in [0.1, 0.15) is 43.3 Å². The van der Waals surface area contributed by atoms with Gasteiger partial charge in [0.25, 0.3) is 0 Å². The standard InChI is InChI=1S/C22H26ClN3O2/c1-2-3-15-28-21(27)24-14-11-20-25-16-19(26-20)22(23)12-9-18(10-13-22)17-7-5-4-6-8-17/h4-10,12,16H,2-3,11,13-15H2,1H3,(H,24,27)(H,25,26). The van der Waals surface area contributed by atoms with Crippen molar-refractivity contribution in [2.75, 3.05) is 13.2 Å². The second-order valence-corrected chi connectivity index (χ2v) is 7.51. The van der Waals surface area contributed by atoms with Crippen LogP contribution in [0.2, 0.25) is 0 Å². The number of amides is 1. The number of aromatic nitrogens is 2. The van der Waals surface area contributed by atoms with Gasteiger partial charge >= 0.3 is 6.09 Å². The zero-order chi connectivity index (χ0) is 19.8. The summed E-state index contributed by atoms with van der Waals surface area (Å²) in [4.78, 5) is 18.6. The lowest BCUT2D eigenvalue weighted by molar-refractivity contribution is 0.144. The number of nitrogens with one attached hydrogen (secondary N) is 2. The van der Waals surface area contributed by atoms with Gasteiger partial charge in [-0.3, -0.25) is 0 Å². The Morgan fingerprint density at radius 3 is 2.89 bits per heavy atom. The maximum absolute atomic E-state index is 11.6. The highest BCUT2D eigenvalue weighted by Crippen LogP contribution is 2.39. The molecule has 0 fully saturated rings. The van der Waals surface area contributed by atoms with Crippen LogP contribution < -0.4 is 5.32 Å². The van der Waals surface area contributed by atoms with Crippen molar-refractivity contribution in [3.8, 4) is 0 Å². The Morgan fingerprint density at radius 1 is 1.36 bits per heavy atom. The lowest BCUT2D eigenvalue weighted by Crippen LogP contribution is -2.27. The van der Waals surface area contributed by atoms with Crippen LogP contribution in [0.25, 0.3) is 5.57 Å². The molecule has 1 aliphatic carbocycles. The Labute approximate surface area is 170 Å². The van der Waals surface area contributed by atoms with Crippen molar-refractivity contribution in [1.29, 1.82) is 0 Å². The van der Waals surface area contributed by atoms with E-state index in [1.807, 2.05) is 24.3 Å². The summed E-state index contributed by atoms with van der Waals surface area (Å²) >= 11 is 6.83. The molecule has 1 aliphatic rings. The van der Waals surface area contributed by atoms with E-state index in [4.69, 9.17) is 16.3 Å². The van der Waals surface area contributed by atoms with Crippen molar-refractivity contribution < 1.29 is 9.53 Å². The molecule has 28 heavy (non-hydrogen) atoms. The number of alkyl carbamates (subject to hydrolysis) is 1. The summed E-state index contributed by atoms with van der Waals surface area (Å²) in [6, 6.07) is 10.2. The first-order valence-electron chi connectivity index (χ1n) is 9.69. The van der Waals surface area contributed by atoms with E-state index in [1.54, 1.807) is 6.20 Å². The predicted octanol–water partition coefficient (Wildman–Crippen LogP) is 4.96. The molecule has 0 bridgehead atoms. The van der Waals surface area contributed by atoms with E-state index < -0.39 is 4.87 Å². The molecule has 0 radical (unpaired) electrons. The summed E-state index contributed by atoms with van der Waals surface area (Å²) in [6.07, 6.45) is 10.7. The smallest absolute Gasteiger partial charge is 0.407 e. The minimum atomic E-state index is -0.629. The highest BCUT2D eigenvalue weighted by Gasteiger charge is 2.30. The molecule has 3 rings (SSSR count). The molecule has 148 valence electrons. The SMILES string of the molecule is CCCCOC(=O)NCCc1ncc(C2(Cl)C=CC(c3ccccc3)=CC2)[nH]1. The number of carbonyl (C=O) groups is 1. The van der Waals surface area contributed by atoms with E-state index in [-0.39, 0.29) is 6.09 Å². The summed E-state index contributed by atoms with van der Waals surface area (Å²) in [7, 11) is 0. The molecule has 1 unspecified atom stereocenters. The Hall–Kier alpha value is -2.53. The van der Waals surface area contributed by atoms with Gasteiger partial charge in [-0.1, -0.05) is 61.9 Å². The number of allylic oxidation sites excluding steroid dienone is 4. The number of imidazole rings is 1. The first-order chi connectivity index (χ1) is 13.6. The molecule has 1 aromatic heterocycles. The lowest BCUT2D eigenvalue weighted by atomic mass is 9.90. The molecular weight excluding hydrogens is 374 g/mol. The summed E-state index contributed by atoms with van der Waals surface area (Å²) < 4.78 is 5.07. The average molecular weight is 400 g/mol. The van der Waals surface area contributed by atoms with E-state index >= 15 is 0 Å². The maximum atomic E-state index is 11.6. The highest BCUT2D eigenvalue weighted by atomic mass is 35.5. The van der Waals surface area contributed by atoms with Crippen molar-refractivity contribution in [1.82, 2.24) is 15.3 Å². The second kappa shape index (κ2) is 9.60. The number of benzene rings is 1. The van der Waals surface area contributed by atoms with Crippen LogP contribution in [0.4, 0.5) is 4.79 Å². The fourth-order valence-electron chi connectivity index (χ4n) is 3.00. The van der Waals surface area contributed by atoms with Crippen LogP contribution in [0.3, 0.4) is 0 Å². The highest BCUT2D eigenvalue weighted by molar-refractivity contribution is 6.25. The number of alkyl halides is 1. The van der Waals surface area contributed by atoms with E-state index in [2.05, 4.69) is 46.5 Å². The largest absolute Gasteiger partial charge is 0.450 e. The zero-order valence-electron chi connectivity index (χ0n) is 16.1. The molecule has 0 spiro atoms. The molecule has 0 aliphatic heterocycles. The number of hydrogen-bond donors (Lipinski definition) is 2. The number of carbonyl (C=O) groups excluding carboxylic acids is 1. The normalized spacial score (nSPS) is 18.6. The number of ether oxygens (including phenoxy) is 1. The third-order valence-electron chi connectivity index (χ3n) is 4.69. The van der Waals surface area contributed by atoms with Crippen molar-refractivity contribution in [2.45, 2.75) is 37.5 Å². The topological polar surface area (TPSA) is 67.0 Å². The molecule has 1 heterocycles. The third kappa shape index (κ3) is 5.26. The second-order valence-electron chi connectivity index (χ2n) is 6.84. The lowest BCUT2D eigenvalue weighted by Gasteiger charge is -2.24. The summed E-state index contributed by atoms with van der Waals surface area (Å²) in [5.41, 5.74) is 3.20. The summed E-state index contributed by atoms with van der Waals surface area (Å²) in [6.45, 7) is 2.97. The van der Waals surface area contributed by atoms with Gasteiger partial charge in [0.2, 0.25) is 0 Å². The number of halogens is 1. The first-order valence-corrected chi connectivity index (χ1v) is 10.1. The molecular formula is C22H26ClN3O2. The fraction of sp³-hybridized carbons (Fsp3) is 0.364. The van der Waals surface area contributed by atoms with Crippen LogP contribution >= 0.6 is 11.6 Å². The third-order valence-corrected chi connectivity index (χ3v) is 5.18. The number of hydrogen-bond acceptors (Lipinski definition) is 3. The monoisotopic (exact) mass is 399 g/mol. The molecule has 2 N–H and O–H groups in total. The maximum Gasteiger partial charge on any atom is 0.407 e. The van der Waals surface area contributed by atoms with E-state index in [1.165, 1.54) is 11.1 Å². The van der Waals surface area contributed by atoms with Crippen LogP contribution in [0.5, 0.6) is 0 Å². The Morgan fingerprint density at radius 2 is 2.18 bits per heavy atom. The van der Waals surface area contributed by atoms with Crippen LogP contribution in [-0.2, 0) is 16.0 Å². The fourth-order valence-corrected chi connectivity index (χ4v) is 3.24. The van der Waals surface area contributed by atoms with Gasteiger partial charge in [-0.2, -0.15) is 0 Å². The zero-order valence-corrected chi connectivity index (χ0v) is 16.8. The predicted molar refractivity (Wildman–Crippen MR) is 112 cm³/mol. The van der Waals surface area contributed by atoms with Gasteiger partial charge in [0.05, 0.1) is 18.5 Å². The Balaban J connectivity index is 1.52.